The fraction of sp³-hybridized carbons (Fsp3) is 0.350. The van der Waals surface area contributed by atoms with E-state index in [4.69, 9.17) is 21.1 Å². The van der Waals surface area contributed by atoms with Gasteiger partial charge in [0.2, 0.25) is 5.91 Å². The quantitative estimate of drug-likeness (QED) is 0.715. The van der Waals surface area contributed by atoms with Crippen LogP contribution in [0.25, 0.3) is 0 Å². The Morgan fingerprint density at radius 2 is 1.86 bits per heavy atom. The summed E-state index contributed by atoms with van der Waals surface area (Å²) in [5.74, 6) is 0.748. The van der Waals surface area contributed by atoms with E-state index in [9.17, 15) is 13.2 Å². The molecule has 0 unspecified atom stereocenters. The monoisotopic (exact) mass is 438 g/mol. The highest BCUT2D eigenvalue weighted by Crippen LogP contribution is 2.36. The Morgan fingerprint density at radius 3 is 2.45 bits per heavy atom. The van der Waals surface area contributed by atoms with E-state index in [1.807, 2.05) is 18.2 Å². The predicted molar refractivity (Wildman–Crippen MR) is 114 cm³/mol. The molecule has 2 aromatic rings. The first kappa shape index (κ1) is 21.3. The normalized spacial score (nSPS) is 17.6. The number of nitrogens with one attached hydrogen (secondary N) is 1. The summed E-state index contributed by atoms with van der Waals surface area (Å²) in [6.07, 6.45) is 0.417. The summed E-state index contributed by atoms with van der Waals surface area (Å²) in [6, 6.07) is 11.9. The number of hydrogen-bond donors (Lipinski definition) is 1. The van der Waals surface area contributed by atoms with Crippen LogP contribution in [0.2, 0.25) is 5.02 Å². The molecule has 1 saturated heterocycles. The van der Waals surface area contributed by atoms with Gasteiger partial charge in [-0.25, -0.2) is 8.42 Å². The average Bonchev–Trinajstić information content (AvgIpc) is 3.06. The summed E-state index contributed by atoms with van der Waals surface area (Å²) >= 11 is 6.18. The van der Waals surface area contributed by atoms with E-state index in [-0.39, 0.29) is 24.0 Å². The van der Waals surface area contributed by atoms with Crippen molar-refractivity contribution in [2.45, 2.75) is 12.5 Å². The molecule has 2 aromatic carbocycles. The smallest absolute Gasteiger partial charge is 0.246 e. The van der Waals surface area contributed by atoms with Gasteiger partial charge < -0.3 is 19.7 Å². The Hall–Kier alpha value is -2.45. The molecule has 1 N–H and O–H groups in total. The molecule has 1 aliphatic heterocycles. The maximum atomic E-state index is 13.1. The highest BCUT2D eigenvalue weighted by Gasteiger charge is 2.35. The Bertz CT molecular complexity index is 982. The summed E-state index contributed by atoms with van der Waals surface area (Å²) in [4.78, 5) is 14.7. The van der Waals surface area contributed by atoms with Gasteiger partial charge in [-0.3, -0.25) is 4.79 Å². The van der Waals surface area contributed by atoms with Crippen molar-refractivity contribution >= 4 is 38.7 Å². The number of carbonyl (C=O) groups excluding carboxylic acids is 1. The molecule has 156 valence electrons. The van der Waals surface area contributed by atoms with Gasteiger partial charge >= 0.3 is 0 Å². The molecule has 1 heterocycles. The van der Waals surface area contributed by atoms with Crippen molar-refractivity contribution in [1.29, 1.82) is 0 Å². The highest BCUT2D eigenvalue weighted by molar-refractivity contribution is 7.91. The van der Waals surface area contributed by atoms with Crippen molar-refractivity contribution < 1.29 is 22.7 Å². The van der Waals surface area contributed by atoms with Crippen LogP contribution in [0.15, 0.2) is 42.5 Å². The Morgan fingerprint density at radius 1 is 1.17 bits per heavy atom. The zero-order chi connectivity index (χ0) is 21.0. The minimum absolute atomic E-state index is 0.0364. The van der Waals surface area contributed by atoms with Crippen molar-refractivity contribution in [3.63, 3.8) is 0 Å². The van der Waals surface area contributed by atoms with Crippen molar-refractivity contribution in [2.75, 3.05) is 42.5 Å². The largest absolute Gasteiger partial charge is 0.495 e. The molecule has 1 atom stereocenters. The van der Waals surface area contributed by atoms with E-state index in [1.54, 1.807) is 29.2 Å². The number of halogens is 1. The number of nitrogens with zero attached hydrogens (tertiary/aromatic N) is 1. The number of benzene rings is 2. The first-order valence-electron chi connectivity index (χ1n) is 9.07. The number of para-hydroxylation sites is 1. The lowest BCUT2D eigenvalue weighted by molar-refractivity contribution is -0.117. The van der Waals surface area contributed by atoms with Gasteiger partial charge in [-0.2, -0.15) is 0 Å². The Kier molecular flexibility index (Phi) is 6.54. The molecule has 0 aromatic heterocycles. The van der Waals surface area contributed by atoms with E-state index in [0.717, 1.165) is 0 Å². The minimum atomic E-state index is -3.14. The number of methoxy groups -OCH3 is 2. The number of amides is 1. The van der Waals surface area contributed by atoms with E-state index in [1.165, 1.54) is 14.2 Å². The predicted octanol–water partition coefficient (Wildman–Crippen LogP) is 2.99. The van der Waals surface area contributed by atoms with Crippen LogP contribution in [-0.2, 0) is 14.6 Å². The summed E-state index contributed by atoms with van der Waals surface area (Å²) in [5.41, 5.74) is 1.21. The van der Waals surface area contributed by atoms with E-state index >= 15 is 0 Å². The van der Waals surface area contributed by atoms with Crippen molar-refractivity contribution in [3.05, 3.63) is 47.5 Å². The third-order valence-electron chi connectivity index (χ3n) is 4.78. The van der Waals surface area contributed by atoms with Gasteiger partial charge in [0.15, 0.2) is 9.84 Å². The molecule has 7 nitrogen and oxygen atoms in total. The van der Waals surface area contributed by atoms with Crippen molar-refractivity contribution in [3.8, 4) is 11.5 Å². The molecule has 0 saturated carbocycles. The third-order valence-corrected chi connectivity index (χ3v) is 6.83. The second-order valence-electron chi connectivity index (χ2n) is 6.70. The van der Waals surface area contributed by atoms with Crippen LogP contribution in [0, 0.1) is 0 Å². The summed E-state index contributed by atoms with van der Waals surface area (Å²) < 4.78 is 34.4. The molecule has 0 spiro atoms. The highest BCUT2D eigenvalue weighted by atomic mass is 35.5. The first-order chi connectivity index (χ1) is 13.8. The molecule has 1 amide bonds. The van der Waals surface area contributed by atoms with Crippen LogP contribution in [0.4, 0.5) is 11.4 Å². The Balaban J connectivity index is 1.82. The molecule has 9 heteroatoms. The molecular formula is C20H23ClN2O5S. The van der Waals surface area contributed by atoms with E-state index < -0.39 is 15.9 Å². The zero-order valence-corrected chi connectivity index (χ0v) is 17.8. The SMILES string of the molecule is COc1cc(OC)c(NCC(=O)N(c2ccccc2)[C@@H]2CCS(=O)(=O)C2)cc1Cl. The van der Waals surface area contributed by atoms with Gasteiger partial charge in [0.25, 0.3) is 0 Å². The summed E-state index contributed by atoms with van der Waals surface area (Å²) in [7, 11) is -0.125. The molecule has 29 heavy (non-hydrogen) atoms. The second-order valence-corrected chi connectivity index (χ2v) is 9.33. The number of carbonyl (C=O) groups is 1. The lowest BCUT2D eigenvalue weighted by atomic mass is 10.1. The summed E-state index contributed by atoms with van der Waals surface area (Å²) in [5, 5.41) is 3.42. The lowest BCUT2D eigenvalue weighted by Gasteiger charge is -2.29. The van der Waals surface area contributed by atoms with Gasteiger partial charge in [-0.1, -0.05) is 29.8 Å². The van der Waals surface area contributed by atoms with E-state index in [0.29, 0.717) is 34.3 Å². The summed E-state index contributed by atoms with van der Waals surface area (Å²) in [6.45, 7) is -0.0511. The standard InChI is InChI=1S/C20H23ClN2O5S/c1-27-18-11-19(28-2)17(10-16(18)21)22-12-20(24)23(14-6-4-3-5-7-14)15-8-9-29(25,26)13-15/h3-7,10-11,15,22H,8-9,12-13H2,1-2H3/t15-/m1/s1. The maximum Gasteiger partial charge on any atom is 0.246 e. The maximum absolute atomic E-state index is 13.1. The molecule has 1 aliphatic rings. The molecule has 0 bridgehead atoms. The Labute approximate surface area is 175 Å². The number of anilines is 2. The number of ether oxygens (including phenoxy) is 2. The van der Waals surface area contributed by atoms with Crippen LogP contribution in [0.5, 0.6) is 11.5 Å². The fourth-order valence-electron chi connectivity index (χ4n) is 3.38. The topological polar surface area (TPSA) is 84.9 Å². The van der Waals surface area contributed by atoms with Gasteiger partial charge in [0.05, 0.1) is 49.0 Å². The van der Waals surface area contributed by atoms with Gasteiger partial charge in [0.1, 0.15) is 11.5 Å². The number of sulfone groups is 1. The zero-order valence-electron chi connectivity index (χ0n) is 16.2. The molecule has 1 fully saturated rings. The van der Waals surface area contributed by atoms with Crippen LogP contribution >= 0.6 is 11.6 Å². The van der Waals surface area contributed by atoms with E-state index in [2.05, 4.69) is 5.32 Å². The third kappa shape index (κ3) is 4.94. The number of rotatable bonds is 7. The van der Waals surface area contributed by atoms with Crippen molar-refractivity contribution in [1.82, 2.24) is 0 Å². The molecule has 0 aliphatic carbocycles. The first-order valence-corrected chi connectivity index (χ1v) is 11.3. The molecule has 3 rings (SSSR count). The fourth-order valence-corrected chi connectivity index (χ4v) is 5.32. The number of hydrogen-bond acceptors (Lipinski definition) is 6. The van der Waals surface area contributed by atoms with Gasteiger partial charge in [-0.15, -0.1) is 0 Å². The van der Waals surface area contributed by atoms with Crippen molar-refractivity contribution in [2.24, 2.45) is 0 Å². The van der Waals surface area contributed by atoms with Gasteiger partial charge in [0, 0.05) is 11.8 Å². The minimum Gasteiger partial charge on any atom is -0.495 e. The van der Waals surface area contributed by atoms with Crippen LogP contribution in [-0.4, -0.2) is 52.6 Å². The lowest BCUT2D eigenvalue weighted by Crippen LogP contribution is -2.44. The van der Waals surface area contributed by atoms with Crippen LogP contribution in [0.3, 0.4) is 0 Å². The average molecular weight is 439 g/mol. The molecular weight excluding hydrogens is 416 g/mol. The second kappa shape index (κ2) is 8.92. The molecule has 0 radical (unpaired) electrons. The van der Waals surface area contributed by atoms with Crippen LogP contribution in [0.1, 0.15) is 6.42 Å². The van der Waals surface area contributed by atoms with Gasteiger partial charge in [-0.05, 0) is 24.6 Å². The van der Waals surface area contributed by atoms with Crippen LogP contribution < -0.4 is 19.7 Å².